The first-order chi connectivity index (χ1) is 12.7. The molecule has 1 amide bonds. The summed E-state index contributed by atoms with van der Waals surface area (Å²) in [6, 6.07) is 12.5. The average Bonchev–Trinajstić information content (AvgIpc) is 3.12. The van der Waals surface area contributed by atoms with Gasteiger partial charge in [0, 0.05) is 42.0 Å². The number of amides is 1. The van der Waals surface area contributed by atoms with Gasteiger partial charge < -0.3 is 5.32 Å². The zero-order chi connectivity index (χ0) is 17.9. The number of carbonyl (C=O) groups is 1. The minimum Gasteiger partial charge on any atom is -0.325 e. The molecule has 5 nitrogen and oxygen atoms in total. The number of nitrogens with one attached hydrogen (secondary N) is 2. The number of carbonyl (C=O) groups excluding carboxylic acids is 1. The maximum absolute atomic E-state index is 13.9. The van der Waals surface area contributed by atoms with Gasteiger partial charge in [0.2, 0.25) is 5.91 Å². The van der Waals surface area contributed by atoms with Crippen LogP contribution in [0, 0.1) is 5.82 Å². The van der Waals surface area contributed by atoms with Crippen molar-refractivity contribution in [2.45, 2.75) is 11.8 Å². The highest BCUT2D eigenvalue weighted by Crippen LogP contribution is 2.23. The van der Waals surface area contributed by atoms with Crippen molar-refractivity contribution in [2.24, 2.45) is 0 Å². The first kappa shape index (κ1) is 17.1. The minimum atomic E-state index is -0.194. The topological polar surface area (TPSA) is 61.0 Å². The molecule has 1 atom stereocenters. The van der Waals surface area contributed by atoms with E-state index in [1.165, 1.54) is 6.07 Å². The van der Waals surface area contributed by atoms with E-state index < -0.39 is 0 Å². The molecule has 0 radical (unpaired) electrons. The molecule has 2 aromatic carbocycles. The fourth-order valence-electron chi connectivity index (χ4n) is 3.12. The summed E-state index contributed by atoms with van der Waals surface area (Å²) in [5.74, 6) is 0.643. The molecule has 26 heavy (non-hydrogen) atoms. The molecule has 7 heteroatoms. The number of nitrogens with zero attached hydrogens (tertiary/aromatic N) is 2. The highest BCUT2D eigenvalue weighted by Gasteiger charge is 2.27. The number of hydrogen-bond donors (Lipinski definition) is 2. The molecule has 0 saturated carbocycles. The molecule has 0 aliphatic carbocycles. The average molecular weight is 370 g/mol. The van der Waals surface area contributed by atoms with Gasteiger partial charge in [-0.3, -0.25) is 14.8 Å². The van der Waals surface area contributed by atoms with Crippen molar-refractivity contribution in [1.82, 2.24) is 15.1 Å². The van der Waals surface area contributed by atoms with Crippen molar-refractivity contribution in [1.29, 1.82) is 0 Å². The maximum Gasteiger partial charge on any atom is 0.238 e. The van der Waals surface area contributed by atoms with Crippen LogP contribution >= 0.6 is 11.8 Å². The van der Waals surface area contributed by atoms with Gasteiger partial charge in [0.1, 0.15) is 5.82 Å². The summed E-state index contributed by atoms with van der Waals surface area (Å²) in [6.07, 6.45) is 1.73. The quantitative estimate of drug-likeness (QED) is 0.740. The van der Waals surface area contributed by atoms with Gasteiger partial charge in [-0.05, 0) is 24.3 Å². The second-order valence-electron chi connectivity index (χ2n) is 6.35. The Morgan fingerprint density at radius 1 is 1.35 bits per heavy atom. The molecule has 2 N–H and O–H groups in total. The van der Waals surface area contributed by atoms with Gasteiger partial charge in [-0.15, -0.1) is 11.8 Å². The van der Waals surface area contributed by atoms with E-state index in [0.717, 1.165) is 28.9 Å². The van der Waals surface area contributed by atoms with Crippen molar-refractivity contribution in [3.63, 3.8) is 0 Å². The van der Waals surface area contributed by atoms with E-state index in [1.807, 2.05) is 24.3 Å². The first-order valence-corrected chi connectivity index (χ1v) is 9.55. The van der Waals surface area contributed by atoms with Crippen LogP contribution in [0.15, 0.2) is 48.7 Å². The number of aromatic amines is 1. The van der Waals surface area contributed by atoms with Crippen molar-refractivity contribution in [2.75, 3.05) is 24.2 Å². The molecule has 2 heterocycles. The number of benzene rings is 2. The second kappa shape index (κ2) is 7.47. The lowest BCUT2D eigenvalue weighted by Gasteiger charge is -2.31. The van der Waals surface area contributed by atoms with Crippen molar-refractivity contribution >= 4 is 34.3 Å². The SMILES string of the molecule is O=C(Nc1ccc2[nH]ncc2c1)C1CN(Cc2ccccc2F)CCS1. The molecule has 4 rings (SSSR count). The molecule has 1 saturated heterocycles. The molecule has 0 spiro atoms. The fourth-order valence-corrected chi connectivity index (χ4v) is 4.29. The molecule has 3 aromatic rings. The van der Waals surface area contributed by atoms with Gasteiger partial charge >= 0.3 is 0 Å². The Balaban J connectivity index is 1.40. The van der Waals surface area contributed by atoms with Gasteiger partial charge in [-0.2, -0.15) is 5.10 Å². The second-order valence-corrected chi connectivity index (χ2v) is 7.66. The molecule has 1 unspecified atom stereocenters. The van der Waals surface area contributed by atoms with Gasteiger partial charge in [-0.1, -0.05) is 18.2 Å². The van der Waals surface area contributed by atoms with Gasteiger partial charge in [0.15, 0.2) is 0 Å². The molecular formula is C19H19FN4OS. The summed E-state index contributed by atoms with van der Waals surface area (Å²) in [4.78, 5) is 14.8. The molecule has 1 aromatic heterocycles. The zero-order valence-electron chi connectivity index (χ0n) is 14.1. The van der Waals surface area contributed by atoms with Crippen LogP contribution in [-0.4, -0.2) is 45.1 Å². The van der Waals surface area contributed by atoms with Crippen LogP contribution in [0.3, 0.4) is 0 Å². The van der Waals surface area contributed by atoms with Crippen LogP contribution < -0.4 is 5.32 Å². The predicted molar refractivity (Wildman–Crippen MR) is 103 cm³/mol. The predicted octanol–water partition coefficient (Wildman–Crippen LogP) is 3.26. The molecule has 134 valence electrons. The summed E-state index contributed by atoms with van der Waals surface area (Å²) < 4.78 is 13.9. The van der Waals surface area contributed by atoms with Crippen LogP contribution in [0.25, 0.3) is 10.9 Å². The summed E-state index contributed by atoms with van der Waals surface area (Å²) >= 11 is 1.65. The third-order valence-electron chi connectivity index (χ3n) is 4.50. The van der Waals surface area contributed by atoms with Crippen LogP contribution in [0.1, 0.15) is 5.56 Å². The van der Waals surface area contributed by atoms with E-state index in [4.69, 9.17) is 0 Å². The van der Waals surface area contributed by atoms with Gasteiger partial charge in [-0.25, -0.2) is 4.39 Å². The number of aromatic nitrogens is 2. The van der Waals surface area contributed by atoms with Crippen molar-refractivity contribution < 1.29 is 9.18 Å². The fraction of sp³-hybridized carbons (Fsp3) is 0.263. The lowest BCUT2D eigenvalue weighted by molar-refractivity contribution is -0.116. The molecule has 1 fully saturated rings. The van der Waals surface area contributed by atoms with E-state index in [0.29, 0.717) is 18.7 Å². The Bertz CT molecular complexity index is 929. The molecule has 1 aliphatic heterocycles. The number of anilines is 1. The van der Waals surface area contributed by atoms with Crippen LogP contribution in [0.2, 0.25) is 0 Å². The third-order valence-corrected chi connectivity index (χ3v) is 5.69. The van der Waals surface area contributed by atoms with Crippen LogP contribution in [0.5, 0.6) is 0 Å². The summed E-state index contributed by atoms with van der Waals surface area (Å²) in [5, 5.41) is 10.7. The molecular weight excluding hydrogens is 351 g/mol. The summed E-state index contributed by atoms with van der Waals surface area (Å²) in [6.45, 7) is 1.99. The number of hydrogen-bond acceptors (Lipinski definition) is 4. The lowest BCUT2D eigenvalue weighted by atomic mass is 10.2. The van der Waals surface area contributed by atoms with Gasteiger partial charge in [0.25, 0.3) is 0 Å². The monoisotopic (exact) mass is 370 g/mol. The largest absolute Gasteiger partial charge is 0.325 e. The number of thioether (sulfide) groups is 1. The standard InChI is InChI=1S/C19H19FN4OS/c20-16-4-2-1-3-13(16)11-24-7-8-26-18(12-24)19(25)22-15-5-6-17-14(9-15)10-21-23-17/h1-6,9-10,18H,7-8,11-12H2,(H,21,23)(H,22,25). The summed E-state index contributed by atoms with van der Waals surface area (Å²) in [7, 11) is 0. The normalized spacial score (nSPS) is 18.1. The van der Waals surface area contributed by atoms with Gasteiger partial charge in [0.05, 0.1) is 17.0 Å². The van der Waals surface area contributed by atoms with E-state index in [2.05, 4.69) is 20.4 Å². The highest BCUT2D eigenvalue weighted by atomic mass is 32.2. The zero-order valence-corrected chi connectivity index (χ0v) is 14.9. The van der Waals surface area contributed by atoms with E-state index in [-0.39, 0.29) is 17.0 Å². The number of fused-ring (bicyclic) bond motifs is 1. The molecule has 1 aliphatic rings. The van der Waals surface area contributed by atoms with E-state index in [9.17, 15) is 9.18 Å². The van der Waals surface area contributed by atoms with Crippen molar-refractivity contribution in [3.05, 3.63) is 60.0 Å². The van der Waals surface area contributed by atoms with Crippen LogP contribution in [0.4, 0.5) is 10.1 Å². The first-order valence-electron chi connectivity index (χ1n) is 8.50. The Hall–Kier alpha value is -2.38. The smallest absolute Gasteiger partial charge is 0.238 e. The highest BCUT2D eigenvalue weighted by molar-refractivity contribution is 8.00. The summed E-state index contributed by atoms with van der Waals surface area (Å²) in [5.41, 5.74) is 2.37. The van der Waals surface area contributed by atoms with E-state index >= 15 is 0 Å². The van der Waals surface area contributed by atoms with Crippen LogP contribution in [-0.2, 0) is 11.3 Å². The van der Waals surface area contributed by atoms with Crippen molar-refractivity contribution in [3.8, 4) is 0 Å². The number of halogens is 1. The Morgan fingerprint density at radius 3 is 3.12 bits per heavy atom. The lowest BCUT2D eigenvalue weighted by Crippen LogP contribution is -2.43. The Labute approximate surface area is 155 Å². The Kier molecular flexibility index (Phi) is 4.90. The Morgan fingerprint density at radius 2 is 2.23 bits per heavy atom. The minimum absolute atomic E-state index is 0.0175. The number of H-pyrrole nitrogens is 1. The third kappa shape index (κ3) is 3.73. The maximum atomic E-state index is 13.9. The number of rotatable bonds is 4. The molecule has 0 bridgehead atoms. The van der Waals surface area contributed by atoms with E-state index in [1.54, 1.807) is 30.1 Å².